The highest BCUT2D eigenvalue weighted by Gasteiger charge is 2.28. The smallest absolute Gasteiger partial charge is 0.258 e. The lowest BCUT2D eigenvalue weighted by molar-refractivity contribution is 0.399. The van der Waals surface area contributed by atoms with Gasteiger partial charge in [-0.05, 0) is 24.3 Å². The van der Waals surface area contributed by atoms with E-state index in [1.54, 1.807) is 31.3 Å². The molecule has 3 aromatic rings. The van der Waals surface area contributed by atoms with E-state index >= 15 is 0 Å². The molecule has 0 aliphatic carbocycles. The summed E-state index contributed by atoms with van der Waals surface area (Å²) in [6.45, 7) is 0. The minimum absolute atomic E-state index is 0.0638. The SMILES string of the molecule is COc1ccccc1[C@H](NS(=O)(=O)c1ccnn1C)c1ccco1. The van der Waals surface area contributed by atoms with E-state index < -0.39 is 16.1 Å². The van der Waals surface area contributed by atoms with Gasteiger partial charge in [-0.15, -0.1) is 0 Å². The van der Waals surface area contributed by atoms with E-state index in [4.69, 9.17) is 9.15 Å². The van der Waals surface area contributed by atoms with Crippen LogP contribution in [0.3, 0.4) is 0 Å². The van der Waals surface area contributed by atoms with Gasteiger partial charge in [0.2, 0.25) is 0 Å². The van der Waals surface area contributed by atoms with E-state index in [2.05, 4.69) is 9.82 Å². The van der Waals surface area contributed by atoms with Crippen LogP contribution in [0, 0.1) is 0 Å². The van der Waals surface area contributed by atoms with Crippen LogP contribution in [0.25, 0.3) is 0 Å². The largest absolute Gasteiger partial charge is 0.496 e. The van der Waals surface area contributed by atoms with Gasteiger partial charge in [-0.25, -0.2) is 8.42 Å². The van der Waals surface area contributed by atoms with Crippen molar-refractivity contribution in [3.63, 3.8) is 0 Å². The van der Waals surface area contributed by atoms with Crippen molar-refractivity contribution < 1.29 is 17.6 Å². The molecule has 126 valence electrons. The molecule has 0 saturated carbocycles. The topological polar surface area (TPSA) is 86.4 Å². The molecule has 0 amide bonds. The van der Waals surface area contributed by atoms with Gasteiger partial charge in [-0.3, -0.25) is 4.68 Å². The van der Waals surface area contributed by atoms with Crippen LogP contribution in [0.15, 0.2) is 64.4 Å². The molecule has 0 bridgehead atoms. The maximum atomic E-state index is 12.7. The highest BCUT2D eigenvalue weighted by atomic mass is 32.2. The van der Waals surface area contributed by atoms with Crippen molar-refractivity contribution in [1.82, 2.24) is 14.5 Å². The number of nitrogens with one attached hydrogen (secondary N) is 1. The quantitative estimate of drug-likeness (QED) is 0.738. The number of hydrogen-bond donors (Lipinski definition) is 1. The summed E-state index contributed by atoms with van der Waals surface area (Å²) in [4.78, 5) is 0. The molecule has 1 aromatic carbocycles. The molecule has 3 rings (SSSR count). The predicted molar refractivity (Wildman–Crippen MR) is 87.1 cm³/mol. The zero-order valence-electron chi connectivity index (χ0n) is 13.2. The minimum Gasteiger partial charge on any atom is -0.496 e. The molecule has 24 heavy (non-hydrogen) atoms. The number of benzene rings is 1. The lowest BCUT2D eigenvalue weighted by atomic mass is 10.0. The first kappa shape index (κ1) is 16.3. The summed E-state index contributed by atoms with van der Waals surface area (Å²) in [7, 11) is -0.707. The van der Waals surface area contributed by atoms with Crippen molar-refractivity contribution in [1.29, 1.82) is 0 Å². The van der Waals surface area contributed by atoms with Gasteiger partial charge in [-0.1, -0.05) is 18.2 Å². The summed E-state index contributed by atoms with van der Waals surface area (Å²) in [6.07, 6.45) is 2.93. The monoisotopic (exact) mass is 347 g/mol. The number of furan rings is 1. The molecule has 0 fully saturated rings. The maximum Gasteiger partial charge on any atom is 0.258 e. The van der Waals surface area contributed by atoms with Crippen molar-refractivity contribution in [2.24, 2.45) is 7.05 Å². The Labute approximate surface area is 139 Å². The summed E-state index contributed by atoms with van der Waals surface area (Å²) < 4.78 is 40.2. The Morgan fingerprint density at radius 1 is 1.21 bits per heavy atom. The van der Waals surface area contributed by atoms with Crippen LogP contribution < -0.4 is 9.46 Å². The van der Waals surface area contributed by atoms with E-state index in [1.165, 1.54) is 30.3 Å². The molecular weight excluding hydrogens is 330 g/mol. The average Bonchev–Trinajstić information content (AvgIpc) is 3.24. The van der Waals surface area contributed by atoms with Gasteiger partial charge in [-0.2, -0.15) is 9.82 Å². The fourth-order valence-electron chi connectivity index (χ4n) is 2.48. The fraction of sp³-hybridized carbons (Fsp3) is 0.188. The summed E-state index contributed by atoms with van der Waals surface area (Å²) in [5, 5.41) is 3.97. The Morgan fingerprint density at radius 3 is 2.62 bits per heavy atom. The molecule has 1 atom stereocenters. The van der Waals surface area contributed by atoms with Crippen LogP contribution in [0.4, 0.5) is 0 Å². The Hall–Kier alpha value is -2.58. The molecule has 0 unspecified atom stereocenters. The highest BCUT2D eigenvalue weighted by molar-refractivity contribution is 7.89. The first-order valence-electron chi connectivity index (χ1n) is 7.19. The van der Waals surface area contributed by atoms with Gasteiger partial charge in [0.05, 0.1) is 19.6 Å². The van der Waals surface area contributed by atoms with Crippen LogP contribution >= 0.6 is 0 Å². The van der Waals surface area contributed by atoms with Crippen molar-refractivity contribution in [2.45, 2.75) is 11.1 Å². The van der Waals surface area contributed by atoms with Gasteiger partial charge < -0.3 is 9.15 Å². The van der Waals surface area contributed by atoms with Crippen LogP contribution in [0.5, 0.6) is 5.75 Å². The number of rotatable bonds is 6. The molecule has 8 heteroatoms. The van der Waals surface area contributed by atoms with Crippen molar-refractivity contribution in [2.75, 3.05) is 7.11 Å². The van der Waals surface area contributed by atoms with Crippen LogP contribution in [0.2, 0.25) is 0 Å². The molecule has 2 heterocycles. The zero-order chi connectivity index (χ0) is 17.2. The molecule has 1 N–H and O–H groups in total. The van der Waals surface area contributed by atoms with Gasteiger partial charge in [0.15, 0.2) is 5.03 Å². The van der Waals surface area contributed by atoms with Crippen LogP contribution in [0.1, 0.15) is 17.4 Å². The maximum absolute atomic E-state index is 12.7. The van der Waals surface area contributed by atoms with E-state index in [1.807, 2.05) is 12.1 Å². The van der Waals surface area contributed by atoms with E-state index in [0.29, 0.717) is 17.1 Å². The molecule has 0 saturated heterocycles. The van der Waals surface area contributed by atoms with Crippen molar-refractivity contribution >= 4 is 10.0 Å². The lowest BCUT2D eigenvalue weighted by Gasteiger charge is -2.19. The Bertz CT molecular complexity index is 916. The number of sulfonamides is 1. The Balaban J connectivity index is 2.06. The number of aromatic nitrogens is 2. The summed E-state index contributed by atoms with van der Waals surface area (Å²) >= 11 is 0. The summed E-state index contributed by atoms with van der Waals surface area (Å²) in [5.41, 5.74) is 0.653. The molecule has 7 nitrogen and oxygen atoms in total. The first-order chi connectivity index (χ1) is 11.5. The van der Waals surface area contributed by atoms with Crippen molar-refractivity contribution in [3.8, 4) is 5.75 Å². The highest BCUT2D eigenvalue weighted by Crippen LogP contribution is 2.31. The number of methoxy groups -OCH3 is 1. The average molecular weight is 347 g/mol. The number of ether oxygens (including phenoxy) is 1. The molecule has 2 aromatic heterocycles. The zero-order valence-corrected chi connectivity index (χ0v) is 14.0. The fourth-order valence-corrected chi connectivity index (χ4v) is 3.79. The molecule has 0 spiro atoms. The second kappa shape index (κ2) is 6.50. The lowest BCUT2D eigenvalue weighted by Crippen LogP contribution is -2.30. The second-order valence-electron chi connectivity index (χ2n) is 5.10. The Kier molecular flexibility index (Phi) is 4.41. The molecular formula is C16H17N3O4S. The van der Waals surface area contributed by atoms with Gasteiger partial charge in [0.1, 0.15) is 17.6 Å². The summed E-state index contributed by atoms with van der Waals surface area (Å²) in [5.74, 6) is 1.02. The number of nitrogens with zero attached hydrogens (tertiary/aromatic N) is 2. The van der Waals surface area contributed by atoms with E-state index in [0.717, 1.165) is 0 Å². The molecule has 0 aliphatic heterocycles. The number of para-hydroxylation sites is 1. The van der Waals surface area contributed by atoms with Crippen LogP contribution in [-0.2, 0) is 17.1 Å². The van der Waals surface area contributed by atoms with Gasteiger partial charge >= 0.3 is 0 Å². The second-order valence-corrected chi connectivity index (χ2v) is 6.77. The first-order valence-corrected chi connectivity index (χ1v) is 8.68. The third-order valence-corrected chi connectivity index (χ3v) is 5.10. The van der Waals surface area contributed by atoms with E-state index in [9.17, 15) is 8.42 Å². The standard InChI is InChI=1S/C16H17N3O4S/c1-19-15(9-10-17-19)24(20,21)18-16(14-8-5-11-23-14)12-6-3-4-7-13(12)22-2/h3-11,16,18H,1-2H3/t16-/m0/s1. The van der Waals surface area contributed by atoms with Gasteiger partial charge in [0.25, 0.3) is 10.0 Å². The Morgan fingerprint density at radius 2 is 2.00 bits per heavy atom. The van der Waals surface area contributed by atoms with Crippen LogP contribution in [-0.4, -0.2) is 25.3 Å². The molecule has 0 aliphatic rings. The third kappa shape index (κ3) is 3.06. The number of hydrogen-bond acceptors (Lipinski definition) is 5. The number of aryl methyl sites for hydroxylation is 1. The van der Waals surface area contributed by atoms with Crippen molar-refractivity contribution in [3.05, 3.63) is 66.2 Å². The third-order valence-electron chi connectivity index (χ3n) is 3.60. The minimum atomic E-state index is -3.81. The molecule has 0 radical (unpaired) electrons. The predicted octanol–water partition coefficient (Wildman–Crippen LogP) is 2.09. The van der Waals surface area contributed by atoms with Gasteiger partial charge in [0, 0.05) is 12.6 Å². The summed E-state index contributed by atoms with van der Waals surface area (Å²) in [6, 6.07) is 11.3. The van der Waals surface area contributed by atoms with E-state index in [-0.39, 0.29) is 5.03 Å². The normalized spacial score (nSPS) is 12.9.